The zero-order valence-electron chi connectivity index (χ0n) is 28.3. The minimum atomic E-state index is -0.733. The molecule has 2 amide bonds. The summed E-state index contributed by atoms with van der Waals surface area (Å²) in [7, 11) is 0. The van der Waals surface area contributed by atoms with Crippen molar-refractivity contribution in [2.75, 3.05) is 63.1 Å². The average Bonchev–Trinajstić information content (AvgIpc) is 2.98. The van der Waals surface area contributed by atoms with Crippen molar-refractivity contribution < 1.29 is 28.3 Å². The number of likely N-dealkylation sites (N-methyl/N-ethyl adjacent to an activating group) is 2. The van der Waals surface area contributed by atoms with E-state index in [0.717, 1.165) is 96.5 Å². The first kappa shape index (κ1) is 36.8. The third-order valence-corrected chi connectivity index (χ3v) is 8.61. The van der Waals surface area contributed by atoms with Gasteiger partial charge in [0.05, 0.1) is 32.8 Å². The molecule has 0 saturated carbocycles. The van der Waals surface area contributed by atoms with Gasteiger partial charge in [0, 0.05) is 11.4 Å². The number of benzene rings is 2. The van der Waals surface area contributed by atoms with E-state index in [1.165, 1.54) is 0 Å². The fourth-order valence-corrected chi connectivity index (χ4v) is 5.48. The number of aryl methyl sites for hydroxylation is 4. The number of carbonyl (C=O) groups is 3. The number of ether oxygens (including phenoxy) is 2. The van der Waals surface area contributed by atoms with Crippen LogP contribution in [0.15, 0.2) is 30.3 Å². The van der Waals surface area contributed by atoms with Gasteiger partial charge in [0.25, 0.3) is 5.91 Å². The lowest BCUT2D eigenvalue weighted by molar-refractivity contribution is -0.915. The number of hydrogen-bond acceptors (Lipinski definition) is 6. The van der Waals surface area contributed by atoms with Gasteiger partial charge in [-0.2, -0.15) is 0 Å². The molecule has 0 aromatic heterocycles. The summed E-state index contributed by atoms with van der Waals surface area (Å²) in [6.45, 7) is 21.6. The minimum Gasteiger partial charge on any atom is -0.434 e. The first-order valence-corrected chi connectivity index (χ1v) is 16.2. The molecule has 2 rings (SSSR count). The van der Waals surface area contributed by atoms with Crippen LogP contribution >= 0.6 is 0 Å². The Kier molecular flexibility index (Phi) is 15.4. The number of anilines is 2. The molecule has 0 saturated heterocycles. The molecule has 0 spiro atoms. The maximum Gasteiger partial charge on any atom is 0.513 e. The predicted octanol–water partition coefficient (Wildman–Crippen LogP) is 6.77. The molecule has 0 bridgehead atoms. The number of carbonyl (C=O) groups excluding carboxylic acids is 3. The van der Waals surface area contributed by atoms with E-state index in [1.807, 2.05) is 45.9 Å². The van der Waals surface area contributed by atoms with Crippen molar-refractivity contribution in [3.8, 4) is 5.75 Å². The summed E-state index contributed by atoms with van der Waals surface area (Å²) < 4.78 is 11.4. The molecule has 2 N–H and O–H groups in total. The van der Waals surface area contributed by atoms with Crippen molar-refractivity contribution in [1.82, 2.24) is 4.90 Å². The van der Waals surface area contributed by atoms with Crippen molar-refractivity contribution in [2.45, 2.75) is 81.1 Å². The van der Waals surface area contributed by atoms with Crippen LogP contribution in [0.3, 0.4) is 0 Å². The Morgan fingerprint density at radius 3 is 1.86 bits per heavy atom. The molecule has 9 heteroatoms. The molecule has 0 aliphatic carbocycles. The van der Waals surface area contributed by atoms with E-state index < -0.39 is 6.16 Å². The second kappa shape index (κ2) is 18.4. The molecule has 0 aliphatic heterocycles. The quantitative estimate of drug-likeness (QED) is 0.0836. The van der Waals surface area contributed by atoms with Crippen LogP contribution in [0.5, 0.6) is 5.75 Å². The number of para-hydroxylation sites is 1. The summed E-state index contributed by atoms with van der Waals surface area (Å²) in [6.07, 6.45) is 2.87. The van der Waals surface area contributed by atoms with Gasteiger partial charge in [0.2, 0.25) is 5.91 Å². The summed E-state index contributed by atoms with van der Waals surface area (Å²) in [4.78, 5) is 39.8. The molecule has 244 valence electrons. The number of unbranched alkanes of at least 4 members (excludes halogenated alkanes) is 3. The van der Waals surface area contributed by atoms with Gasteiger partial charge in [-0.15, -0.1) is 0 Å². The summed E-state index contributed by atoms with van der Waals surface area (Å²) >= 11 is 0. The van der Waals surface area contributed by atoms with Crippen LogP contribution in [0.4, 0.5) is 16.2 Å². The largest absolute Gasteiger partial charge is 0.513 e. The number of hydrogen-bond donors (Lipinski definition) is 2. The molecule has 0 aliphatic rings. The molecule has 0 heterocycles. The van der Waals surface area contributed by atoms with Crippen LogP contribution in [0.25, 0.3) is 0 Å². The monoisotopic (exact) mass is 611 g/mol. The van der Waals surface area contributed by atoms with E-state index in [2.05, 4.69) is 43.2 Å². The van der Waals surface area contributed by atoms with Gasteiger partial charge in [-0.05, 0) is 109 Å². The third kappa shape index (κ3) is 11.6. The molecule has 0 fully saturated rings. The minimum absolute atomic E-state index is 0.00208. The first-order chi connectivity index (χ1) is 21.0. The van der Waals surface area contributed by atoms with Crippen LogP contribution in [0.1, 0.15) is 75.6 Å². The molecule has 9 nitrogen and oxygen atoms in total. The fraction of sp³-hybridized carbons (Fsp3) is 0.571. The smallest absolute Gasteiger partial charge is 0.434 e. The highest BCUT2D eigenvalue weighted by Gasteiger charge is 2.25. The Morgan fingerprint density at radius 2 is 1.30 bits per heavy atom. The lowest BCUT2D eigenvalue weighted by Gasteiger charge is -2.35. The normalized spacial score (nSPS) is 11.4. The molecule has 2 aromatic rings. The van der Waals surface area contributed by atoms with E-state index in [-0.39, 0.29) is 18.4 Å². The zero-order valence-corrected chi connectivity index (χ0v) is 28.3. The Labute approximate surface area is 264 Å². The number of nitrogens with one attached hydrogen (secondary N) is 2. The van der Waals surface area contributed by atoms with E-state index in [4.69, 9.17) is 9.47 Å². The number of rotatable bonds is 18. The number of amides is 2. The van der Waals surface area contributed by atoms with Crippen LogP contribution in [-0.4, -0.2) is 79.8 Å². The van der Waals surface area contributed by atoms with Gasteiger partial charge in [-0.3, -0.25) is 14.5 Å². The van der Waals surface area contributed by atoms with Gasteiger partial charge in [-0.25, -0.2) is 4.79 Å². The lowest BCUT2D eigenvalue weighted by Crippen LogP contribution is -2.52. The van der Waals surface area contributed by atoms with Crippen molar-refractivity contribution in [1.29, 1.82) is 0 Å². The summed E-state index contributed by atoms with van der Waals surface area (Å²) in [5.74, 6) is 0.378. The van der Waals surface area contributed by atoms with E-state index in [0.29, 0.717) is 18.8 Å². The second-order valence-electron chi connectivity index (χ2n) is 11.7. The second-order valence-corrected chi connectivity index (χ2v) is 11.7. The van der Waals surface area contributed by atoms with Gasteiger partial charge in [0.15, 0.2) is 6.54 Å². The highest BCUT2D eigenvalue weighted by molar-refractivity contribution is 5.94. The maximum atomic E-state index is 12.8. The first-order valence-electron chi connectivity index (χ1n) is 16.2. The molecule has 0 atom stereocenters. The predicted molar refractivity (Wildman–Crippen MR) is 178 cm³/mol. The number of nitrogens with zero attached hydrogens (tertiary/aromatic N) is 2. The van der Waals surface area contributed by atoms with Crippen LogP contribution in [-0.2, 0) is 14.3 Å². The Balaban J connectivity index is 1.70. The Hall–Kier alpha value is -3.43. The van der Waals surface area contributed by atoms with E-state index >= 15 is 0 Å². The van der Waals surface area contributed by atoms with Gasteiger partial charge < -0.3 is 24.6 Å². The topological polar surface area (TPSA) is 97.0 Å². The van der Waals surface area contributed by atoms with Gasteiger partial charge in [0.1, 0.15) is 5.75 Å². The molecule has 0 unspecified atom stereocenters. The van der Waals surface area contributed by atoms with Crippen molar-refractivity contribution in [3.05, 3.63) is 52.6 Å². The summed E-state index contributed by atoms with van der Waals surface area (Å²) in [6, 6.07) is 9.48. The van der Waals surface area contributed by atoms with E-state index in [1.54, 1.807) is 12.1 Å². The van der Waals surface area contributed by atoms with Crippen molar-refractivity contribution in [2.24, 2.45) is 0 Å². The number of quaternary nitrogens is 1. The lowest BCUT2D eigenvalue weighted by atomic mass is 10.1. The molecule has 44 heavy (non-hydrogen) atoms. The molecule has 0 radical (unpaired) electrons. The third-order valence-electron chi connectivity index (χ3n) is 8.61. The van der Waals surface area contributed by atoms with Crippen molar-refractivity contribution in [3.63, 3.8) is 0 Å². The maximum absolute atomic E-state index is 12.8. The van der Waals surface area contributed by atoms with Crippen LogP contribution in [0.2, 0.25) is 0 Å². The van der Waals surface area contributed by atoms with E-state index in [9.17, 15) is 14.4 Å². The van der Waals surface area contributed by atoms with Crippen LogP contribution < -0.4 is 15.4 Å². The van der Waals surface area contributed by atoms with Gasteiger partial charge >= 0.3 is 6.16 Å². The Bertz CT molecular complexity index is 1190. The standard InChI is InChI=1S/C35H54N4O5/c1-9-38(24-31(40)36-33-26(5)18-17-19-27(33)6)20-15-13-14-16-21-43-35(42)44-30-22-28(7)34(29(8)23-30)37-32(41)25-39(10-2,11-3)12-4/h17-19,22-23H,9-16,20-21,24-25H2,1-8H3,(H-,36,37,40,41)/p+1. The molecular weight excluding hydrogens is 556 g/mol. The highest BCUT2D eigenvalue weighted by atomic mass is 16.7. The fourth-order valence-electron chi connectivity index (χ4n) is 5.48. The SMILES string of the molecule is CCN(CCCCCCOC(=O)Oc1cc(C)c(NC(=O)C[N+](CC)(CC)CC)c(C)c1)CC(=O)Nc1c(C)cccc1C. The average molecular weight is 612 g/mol. The Morgan fingerprint density at radius 1 is 0.750 bits per heavy atom. The van der Waals surface area contributed by atoms with Gasteiger partial charge in [-0.1, -0.05) is 38.0 Å². The summed E-state index contributed by atoms with van der Waals surface area (Å²) in [5, 5.41) is 6.12. The van der Waals surface area contributed by atoms with Crippen LogP contribution in [0, 0.1) is 27.7 Å². The zero-order chi connectivity index (χ0) is 32.7. The molecule has 2 aromatic carbocycles. The summed E-state index contributed by atoms with van der Waals surface area (Å²) in [5.41, 5.74) is 5.43. The molecular formula is C35H55N4O5+. The van der Waals surface area contributed by atoms with Crippen molar-refractivity contribution >= 4 is 29.3 Å². The highest BCUT2D eigenvalue weighted by Crippen LogP contribution is 2.27.